The van der Waals surface area contributed by atoms with E-state index >= 15 is 0 Å². The smallest absolute Gasteiger partial charge is 0.191 e. The number of guanidine groups is 1. The van der Waals surface area contributed by atoms with Crippen molar-refractivity contribution < 1.29 is 8.42 Å². The van der Waals surface area contributed by atoms with Gasteiger partial charge < -0.3 is 16.0 Å². The molecule has 0 saturated heterocycles. The molecule has 0 aliphatic rings. The van der Waals surface area contributed by atoms with Gasteiger partial charge in [-0.2, -0.15) is 0 Å². The van der Waals surface area contributed by atoms with Gasteiger partial charge in [0.2, 0.25) is 0 Å². The van der Waals surface area contributed by atoms with E-state index in [4.69, 9.17) is 4.99 Å². The first-order chi connectivity index (χ1) is 12.2. The van der Waals surface area contributed by atoms with E-state index in [1.807, 2.05) is 32.0 Å². The van der Waals surface area contributed by atoms with Crippen LogP contribution in [-0.2, 0) is 9.84 Å². The first-order valence-electron chi connectivity index (χ1n) is 9.25. The molecule has 2 atom stereocenters. The number of hydrogen-bond donors (Lipinski definition) is 3. The van der Waals surface area contributed by atoms with Crippen LogP contribution in [0.1, 0.15) is 34.1 Å². The van der Waals surface area contributed by atoms with Gasteiger partial charge >= 0.3 is 0 Å². The van der Waals surface area contributed by atoms with Crippen LogP contribution in [0.4, 0.5) is 5.69 Å². The summed E-state index contributed by atoms with van der Waals surface area (Å²) in [5.74, 6) is 1.31. The van der Waals surface area contributed by atoms with Crippen LogP contribution in [0.2, 0.25) is 0 Å². The highest BCUT2D eigenvalue weighted by molar-refractivity contribution is 7.90. The summed E-state index contributed by atoms with van der Waals surface area (Å²) in [6, 6.07) is 10.4. The van der Waals surface area contributed by atoms with Crippen molar-refractivity contribution in [3.63, 3.8) is 0 Å². The van der Waals surface area contributed by atoms with Crippen molar-refractivity contribution in [1.82, 2.24) is 10.6 Å². The molecule has 1 aromatic carbocycles. The molecule has 7 heteroatoms. The highest BCUT2D eigenvalue weighted by atomic mass is 32.2. The minimum Gasteiger partial charge on any atom is -0.380 e. The van der Waals surface area contributed by atoms with Crippen molar-refractivity contribution in [1.29, 1.82) is 0 Å². The maximum Gasteiger partial charge on any atom is 0.191 e. The van der Waals surface area contributed by atoms with Gasteiger partial charge in [0.1, 0.15) is 9.84 Å². The Morgan fingerprint density at radius 2 is 1.81 bits per heavy atom. The number of rotatable bonds is 10. The van der Waals surface area contributed by atoms with Crippen LogP contribution in [-0.4, -0.2) is 51.6 Å². The predicted molar refractivity (Wildman–Crippen MR) is 112 cm³/mol. The first-order valence-corrected chi connectivity index (χ1v) is 11.3. The number of aliphatic imine (C=N–C) groups is 1. The summed E-state index contributed by atoms with van der Waals surface area (Å²) in [5, 5.41) is 10.1. The monoisotopic (exact) mass is 382 g/mol. The number of para-hydroxylation sites is 1. The average molecular weight is 383 g/mol. The summed E-state index contributed by atoms with van der Waals surface area (Å²) in [7, 11) is -2.95. The van der Waals surface area contributed by atoms with Crippen molar-refractivity contribution in [3.05, 3.63) is 30.3 Å². The molecule has 0 fully saturated rings. The zero-order chi connectivity index (χ0) is 19.6. The molecule has 0 aliphatic carbocycles. The summed E-state index contributed by atoms with van der Waals surface area (Å²) in [5.41, 5.74) is 1.08. The molecular weight excluding hydrogens is 348 g/mol. The van der Waals surface area contributed by atoms with E-state index in [9.17, 15) is 8.42 Å². The van der Waals surface area contributed by atoms with Crippen molar-refractivity contribution in [2.75, 3.05) is 30.4 Å². The third-order valence-electron chi connectivity index (χ3n) is 4.03. The second-order valence-electron chi connectivity index (χ2n) is 7.04. The summed E-state index contributed by atoms with van der Waals surface area (Å²) in [6.45, 7) is 9.71. The molecule has 148 valence electrons. The van der Waals surface area contributed by atoms with Gasteiger partial charge in [-0.05, 0) is 38.3 Å². The van der Waals surface area contributed by atoms with E-state index in [2.05, 4.69) is 41.9 Å². The van der Waals surface area contributed by atoms with Crippen molar-refractivity contribution in [2.24, 2.45) is 10.9 Å². The largest absolute Gasteiger partial charge is 0.380 e. The van der Waals surface area contributed by atoms with Gasteiger partial charge in [-0.15, -0.1) is 0 Å². The van der Waals surface area contributed by atoms with Gasteiger partial charge in [0.15, 0.2) is 5.96 Å². The van der Waals surface area contributed by atoms with Crippen molar-refractivity contribution >= 4 is 21.5 Å². The Labute approximate surface area is 158 Å². The van der Waals surface area contributed by atoms with Crippen LogP contribution in [0.5, 0.6) is 0 Å². The molecule has 1 rings (SSSR count). The van der Waals surface area contributed by atoms with Crippen LogP contribution in [0.25, 0.3) is 0 Å². The van der Waals surface area contributed by atoms with Crippen molar-refractivity contribution in [2.45, 2.75) is 46.2 Å². The summed E-state index contributed by atoms with van der Waals surface area (Å²) < 4.78 is 22.7. The van der Waals surface area contributed by atoms with E-state index in [1.54, 1.807) is 0 Å². The number of sulfone groups is 1. The van der Waals surface area contributed by atoms with Gasteiger partial charge in [-0.25, -0.2) is 8.42 Å². The van der Waals surface area contributed by atoms with E-state index in [1.165, 1.54) is 6.26 Å². The van der Waals surface area contributed by atoms with Crippen LogP contribution in [0.15, 0.2) is 35.3 Å². The molecule has 0 radical (unpaired) electrons. The minimum absolute atomic E-state index is 0.0297. The Bertz CT molecular complexity index is 645. The maximum atomic E-state index is 11.3. The molecule has 0 saturated carbocycles. The van der Waals surface area contributed by atoms with E-state index in [0.29, 0.717) is 24.8 Å². The Hall–Kier alpha value is -1.76. The quantitative estimate of drug-likeness (QED) is 0.428. The second kappa shape index (κ2) is 11.1. The SMILES string of the molecule is CCNC(=NCC(Nc1ccccc1)C(C)C)NC(C)CCS(C)(=O)=O. The molecule has 0 spiro atoms. The summed E-state index contributed by atoms with van der Waals surface area (Å²) in [6.07, 6.45) is 1.82. The Morgan fingerprint density at radius 3 is 2.35 bits per heavy atom. The fourth-order valence-electron chi connectivity index (χ4n) is 2.38. The number of benzene rings is 1. The Morgan fingerprint density at radius 1 is 1.15 bits per heavy atom. The lowest BCUT2D eigenvalue weighted by molar-refractivity contribution is 0.528. The fraction of sp³-hybridized carbons (Fsp3) is 0.632. The molecule has 1 aromatic rings. The molecule has 0 bridgehead atoms. The first kappa shape index (κ1) is 22.3. The third kappa shape index (κ3) is 9.65. The molecule has 3 N–H and O–H groups in total. The molecule has 26 heavy (non-hydrogen) atoms. The van der Waals surface area contributed by atoms with E-state index in [0.717, 1.165) is 12.2 Å². The van der Waals surface area contributed by atoms with Gasteiger partial charge in [0.05, 0.1) is 12.3 Å². The molecule has 0 aromatic heterocycles. The lowest BCUT2D eigenvalue weighted by atomic mass is 10.0. The highest BCUT2D eigenvalue weighted by Gasteiger charge is 2.14. The number of nitrogens with zero attached hydrogens (tertiary/aromatic N) is 1. The number of hydrogen-bond acceptors (Lipinski definition) is 4. The average Bonchev–Trinajstić information content (AvgIpc) is 2.57. The Kier molecular flexibility index (Phi) is 9.48. The second-order valence-corrected chi connectivity index (χ2v) is 9.30. The molecule has 0 aliphatic heterocycles. The minimum atomic E-state index is -2.95. The fourth-order valence-corrected chi connectivity index (χ4v) is 3.16. The van der Waals surface area contributed by atoms with E-state index < -0.39 is 9.84 Å². The van der Waals surface area contributed by atoms with Gasteiger partial charge in [0.25, 0.3) is 0 Å². The summed E-state index contributed by atoms with van der Waals surface area (Å²) in [4.78, 5) is 4.70. The predicted octanol–water partition coefficient (Wildman–Crippen LogP) is 2.50. The number of anilines is 1. The lowest BCUT2D eigenvalue weighted by Gasteiger charge is -2.23. The lowest BCUT2D eigenvalue weighted by Crippen LogP contribution is -2.43. The van der Waals surface area contributed by atoms with Crippen LogP contribution in [0, 0.1) is 5.92 Å². The van der Waals surface area contributed by atoms with Crippen LogP contribution >= 0.6 is 0 Å². The van der Waals surface area contributed by atoms with Gasteiger partial charge in [-0.1, -0.05) is 32.0 Å². The van der Waals surface area contributed by atoms with Crippen molar-refractivity contribution in [3.8, 4) is 0 Å². The maximum absolute atomic E-state index is 11.3. The zero-order valence-corrected chi connectivity index (χ0v) is 17.4. The van der Waals surface area contributed by atoms with Crippen LogP contribution in [0.3, 0.4) is 0 Å². The molecule has 0 amide bonds. The highest BCUT2D eigenvalue weighted by Crippen LogP contribution is 2.12. The molecule has 2 unspecified atom stereocenters. The number of nitrogens with one attached hydrogen (secondary N) is 3. The van der Waals surface area contributed by atoms with E-state index in [-0.39, 0.29) is 17.8 Å². The Balaban J connectivity index is 2.69. The third-order valence-corrected chi connectivity index (χ3v) is 5.00. The zero-order valence-electron chi connectivity index (χ0n) is 16.6. The normalized spacial score (nSPS) is 14.8. The molecule has 0 heterocycles. The van der Waals surface area contributed by atoms with Gasteiger partial charge in [-0.3, -0.25) is 4.99 Å². The standard InChI is InChI=1S/C19H34N4O2S/c1-6-20-19(22-16(4)12-13-26(5,24)25)21-14-18(15(2)3)23-17-10-8-7-9-11-17/h7-11,15-16,18,23H,6,12-14H2,1-5H3,(H2,20,21,22). The molecule has 6 nitrogen and oxygen atoms in total. The van der Waals surface area contributed by atoms with Gasteiger partial charge in [0, 0.05) is 30.6 Å². The summed E-state index contributed by atoms with van der Waals surface area (Å²) >= 11 is 0. The van der Waals surface area contributed by atoms with Crippen LogP contribution < -0.4 is 16.0 Å². The molecular formula is C19H34N4O2S. The topological polar surface area (TPSA) is 82.6 Å².